The zero-order valence-electron chi connectivity index (χ0n) is 12.7. The fourth-order valence-electron chi connectivity index (χ4n) is 2.71. The van der Waals surface area contributed by atoms with Crippen molar-refractivity contribution in [3.8, 4) is 0 Å². The molecule has 1 N–H and O–H groups in total. The van der Waals surface area contributed by atoms with E-state index in [4.69, 9.17) is 11.6 Å². The average molecular weight is 342 g/mol. The molecule has 0 bridgehead atoms. The molecule has 0 spiro atoms. The summed E-state index contributed by atoms with van der Waals surface area (Å²) in [5.41, 5.74) is 0.848. The van der Waals surface area contributed by atoms with Crippen molar-refractivity contribution in [3.05, 3.63) is 63.7 Å². The monoisotopic (exact) mass is 341 g/mol. The van der Waals surface area contributed by atoms with E-state index in [0.717, 1.165) is 0 Å². The Morgan fingerprint density at radius 1 is 0.958 bits per heavy atom. The first-order valence-corrected chi connectivity index (χ1v) is 7.58. The fourth-order valence-corrected chi connectivity index (χ4v) is 2.95. The van der Waals surface area contributed by atoms with Gasteiger partial charge in [0.2, 0.25) is 5.91 Å². The Kier molecular flexibility index (Phi) is 4.03. The lowest BCUT2D eigenvalue weighted by atomic mass is 9.83. The number of halogens is 1. The van der Waals surface area contributed by atoms with Gasteiger partial charge in [-0.15, -0.1) is 0 Å². The van der Waals surface area contributed by atoms with Gasteiger partial charge in [0, 0.05) is 11.1 Å². The molecule has 6 heteroatoms. The lowest BCUT2D eigenvalue weighted by molar-refractivity contribution is -0.124. The van der Waals surface area contributed by atoms with Crippen LogP contribution < -0.4 is 5.32 Å². The summed E-state index contributed by atoms with van der Waals surface area (Å²) in [4.78, 5) is 48.4. The van der Waals surface area contributed by atoms with E-state index in [-0.39, 0.29) is 56.7 Å². The van der Waals surface area contributed by atoms with Gasteiger partial charge in [-0.2, -0.15) is 0 Å². The van der Waals surface area contributed by atoms with Crippen molar-refractivity contribution in [2.24, 2.45) is 0 Å². The van der Waals surface area contributed by atoms with Crippen molar-refractivity contribution in [2.75, 3.05) is 5.32 Å². The number of carbonyl (C=O) groups is 4. The van der Waals surface area contributed by atoms with Crippen molar-refractivity contribution in [2.45, 2.75) is 13.3 Å². The Labute approximate surface area is 142 Å². The van der Waals surface area contributed by atoms with Gasteiger partial charge in [-0.1, -0.05) is 35.9 Å². The normalized spacial score (nSPS) is 12.4. The second-order valence-electron chi connectivity index (χ2n) is 5.48. The van der Waals surface area contributed by atoms with Crippen molar-refractivity contribution in [1.82, 2.24) is 0 Å². The smallest absolute Gasteiger partial charge is 0.231 e. The molecular weight excluding hydrogens is 330 g/mol. The van der Waals surface area contributed by atoms with Gasteiger partial charge in [0.15, 0.2) is 11.6 Å². The van der Waals surface area contributed by atoms with Crippen LogP contribution in [0.15, 0.2) is 36.4 Å². The number of benzene rings is 2. The van der Waals surface area contributed by atoms with Crippen LogP contribution in [0.4, 0.5) is 5.69 Å². The highest BCUT2D eigenvalue weighted by Crippen LogP contribution is 2.36. The van der Waals surface area contributed by atoms with E-state index in [1.165, 1.54) is 19.1 Å². The molecule has 0 fully saturated rings. The second kappa shape index (κ2) is 6.02. The Morgan fingerprint density at radius 2 is 1.54 bits per heavy atom. The molecule has 0 aliphatic heterocycles. The van der Waals surface area contributed by atoms with Crippen molar-refractivity contribution in [3.63, 3.8) is 0 Å². The zero-order chi connectivity index (χ0) is 17.4. The van der Waals surface area contributed by atoms with Crippen LogP contribution in [0.1, 0.15) is 45.2 Å². The van der Waals surface area contributed by atoms with Gasteiger partial charge >= 0.3 is 0 Å². The van der Waals surface area contributed by atoms with Crippen LogP contribution in [0.25, 0.3) is 0 Å². The first-order valence-electron chi connectivity index (χ1n) is 7.20. The van der Waals surface area contributed by atoms with Crippen molar-refractivity contribution in [1.29, 1.82) is 0 Å². The van der Waals surface area contributed by atoms with Gasteiger partial charge in [-0.25, -0.2) is 0 Å². The maximum atomic E-state index is 12.8. The third kappa shape index (κ3) is 2.63. The summed E-state index contributed by atoms with van der Waals surface area (Å²) in [6.07, 6.45) is -0.309. The summed E-state index contributed by atoms with van der Waals surface area (Å²) in [6.45, 7) is 1.29. The summed E-state index contributed by atoms with van der Waals surface area (Å²) >= 11 is 6.12. The molecular formula is C18H12ClNO4. The van der Waals surface area contributed by atoms with Crippen LogP contribution in [0.2, 0.25) is 5.02 Å². The zero-order valence-corrected chi connectivity index (χ0v) is 13.4. The molecule has 0 radical (unpaired) electrons. The van der Waals surface area contributed by atoms with Gasteiger partial charge in [0.25, 0.3) is 0 Å². The van der Waals surface area contributed by atoms with E-state index in [0.29, 0.717) is 0 Å². The summed E-state index contributed by atoms with van der Waals surface area (Å²) in [7, 11) is 0. The summed E-state index contributed by atoms with van der Waals surface area (Å²) in [5.74, 6) is -1.61. The van der Waals surface area contributed by atoms with E-state index in [2.05, 4.69) is 5.32 Å². The molecule has 0 saturated carbocycles. The van der Waals surface area contributed by atoms with Gasteiger partial charge in [-0.3, -0.25) is 19.2 Å². The average Bonchev–Trinajstić information content (AvgIpc) is 2.53. The van der Waals surface area contributed by atoms with Crippen LogP contribution in [0.3, 0.4) is 0 Å². The van der Waals surface area contributed by atoms with Crippen LogP contribution >= 0.6 is 11.6 Å². The standard InChI is InChI=1S/C18H12ClNO4/c1-9(21)8-14(22)20-13-7-6-12(19)15-16(13)18(24)11-5-3-2-4-10(11)17(15)23/h2-7H,8H2,1H3,(H,20,22). The molecule has 2 aromatic rings. The van der Waals surface area contributed by atoms with Crippen LogP contribution in [-0.2, 0) is 9.59 Å². The number of hydrogen-bond acceptors (Lipinski definition) is 4. The number of fused-ring (bicyclic) bond motifs is 2. The molecule has 0 unspecified atom stereocenters. The Balaban J connectivity index is 2.14. The van der Waals surface area contributed by atoms with Gasteiger partial charge in [-0.05, 0) is 19.1 Å². The lowest BCUT2D eigenvalue weighted by Crippen LogP contribution is -2.24. The quantitative estimate of drug-likeness (QED) is 0.742. The molecule has 0 heterocycles. The lowest BCUT2D eigenvalue weighted by Gasteiger charge is -2.21. The maximum absolute atomic E-state index is 12.8. The number of nitrogens with one attached hydrogen (secondary N) is 1. The number of hydrogen-bond donors (Lipinski definition) is 1. The number of carbonyl (C=O) groups excluding carboxylic acids is 4. The molecule has 1 aliphatic carbocycles. The summed E-state index contributed by atoms with van der Waals surface area (Å²) in [6, 6.07) is 9.35. The third-order valence-corrected chi connectivity index (χ3v) is 4.02. The number of amides is 1. The predicted molar refractivity (Wildman–Crippen MR) is 88.7 cm³/mol. The van der Waals surface area contributed by atoms with Gasteiger partial charge < -0.3 is 5.32 Å². The molecule has 1 aliphatic rings. The summed E-state index contributed by atoms with van der Waals surface area (Å²) < 4.78 is 0. The first-order chi connectivity index (χ1) is 11.4. The Bertz CT molecular complexity index is 917. The van der Waals surface area contributed by atoms with E-state index in [1.807, 2.05) is 0 Å². The molecule has 1 amide bonds. The number of Topliss-reactive ketones (excluding diaryl/α,β-unsaturated/α-hetero) is 1. The SMILES string of the molecule is CC(=O)CC(=O)Nc1ccc(Cl)c2c1C(=O)c1ccccc1C2=O. The minimum absolute atomic E-state index is 0.0584. The van der Waals surface area contributed by atoms with E-state index < -0.39 is 5.91 Å². The van der Waals surface area contributed by atoms with E-state index in [9.17, 15) is 19.2 Å². The van der Waals surface area contributed by atoms with Crippen LogP contribution in [0.5, 0.6) is 0 Å². The van der Waals surface area contributed by atoms with Gasteiger partial charge in [0.05, 0.1) is 28.3 Å². The van der Waals surface area contributed by atoms with Crippen molar-refractivity contribution < 1.29 is 19.2 Å². The Morgan fingerprint density at radius 3 is 2.12 bits per heavy atom. The molecule has 0 aromatic heterocycles. The van der Waals surface area contributed by atoms with E-state index >= 15 is 0 Å². The first kappa shape index (κ1) is 16.1. The Hall–Kier alpha value is -2.79. The topological polar surface area (TPSA) is 80.3 Å². The van der Waals surface area contributed by atoms with E-state index in [1.54, 1.807) is 24.3 Å². The highest BCUT2D eigenvalue weighted by molar-refractivity contribution is 6.40. The largest absolute Gasteiger partial charge is 0.325 e. The molecule has 24 heavy (non-hydrogen) atoms. The fraction of sp³-hybridized carbons (Fsp3) is 0.111. The van der Waals surface area contributed by atoms with Gasteiger partial charge in [0.1, 0.15) is 5.78 Å². The van der Waals surface area contributed by atoms with Crippen LogP contribution in [-0.4, -0.2) is 23.3 Å². The molecule has 5 nitrogen and oxygen atoms in total. The minimum Gasteiger partial charge on any atom is -0.325 e. The molecule has 0 atom stereocenters. The molecule has 120 valence electrons. The molecule has 2 aromatic carbocycles. The number of rotatable bonds is 3. The second-order valence-corrected chi connectivity index (χ2v) is 5.88. The predicted octanol–water partition coefficient (Wildman–Crippen LogP) is 3.03. The maximum Gasteiger partial charge on any atom is 0.231 e. The van der Waals surface area contributed by atoms with Crippen molar-refractivity contribution >= 4 is 40.5 Å². The molecule has 3 rings (SSSR count). The molecule has 0 saturated heterocycles. The minimum atomic E-state index is -0.550. The summed E-state index contributed by atoms with van der Waals surface area (Å²) in [5, 5.41) is 2.66. The highest BCUT2D eigenvalue weighted by atomic mass is 35.5. The number of ketones is 3. The highest BCUT2D eigenvalue weighted by Gasteiger charge is 2.33. The van der Waals surface area contributed by atoms with Crippen LogP contribution in [0, 0.1) is 0 Å². The number of anilines is 1. The third-order valence-electron chi connectivity index (χ3n) is 3.71.